The normalized spacial score (nSPS) is 17.2. The van der Waals surface area contributed by atoms with Gasteiger partial charge in [-0.1, -0.05) is 20.8 Å². The van der Waals surface area contributed by atoms with Crippen LogP contribution in [0, 0.1) is 0 Å². The highest BCUT2D eigenvalue weighted by atomic mass is 35.5. The summed E-state index contributed by atoms with van der Waals surface area (Å²) in [6, 6.07) is 8.01. The topological polar surface area (TPSA) is 50.4 Å². The van der Waals surface area contributed by atoms with Crippen LogP contribution in [0.1, 0.15) is 33.6 Å². The fraction of sp³-hybridized carbons (Fsp3) is 0.588. The molecule has 1 fully saturated rings. The molecular weight excluding hydrogens is 332 g/mol. The Labute approximate surface area is 149 Å². The van der Waals surface area contributed by atoms with Crippen molar-refractivity contribution in [1.82, 2.24) is 5.32 Å². The number of amides is 1. The van der Waals surface area contributed by atoms with Crippen LogP contribution in [-0.2, 0) is 9.53 Å². The summed E-state index contributed by atoms with van der Waals surface area (Å²) >= 11 is 1.81. The van der Waals surface area contributed by atoms with Gasteiger partial charge >= 0.3 is 0 Å². The van der Waals surface area contributed by atoms with Gasteiger partial charge in [0.2, 0.25) is 0 Å². The minimum absolute atomic E-state index is 0. The number of rotatable bonds is 4. The molecule has 2 rings (SSSR count). The number of hydrogen-bond acceptors (Lipinski definition) is 4. The number of ether oxygens (including phenoxy) is 1. The quantitative estimate of drug-likeness (QED) is 0.805. The highest BCUT2D eigenvalue weighted by molar-refractivity contribution is 8.00. The van der Waals surface area contributed by atoms with Crippen LogP contribution in [0.5, 0.6) is 0 Å². The lowest BCUT2D eigenvalue weighted by atomic mass is 9.91. The van der Waals surface area contributed by atoms with Crippen LogP contribution < -0.4 is 10.6 Å². The van der Waals surface area contributed by atoms with E-state index in [2.05, 4.69) is 31.4 Å². The van der Waals surface area contributed by atoms with Crippen molar-refractivity contribution < 1.29 is 9.53 Å². The fourth-order valence-corrected chi connectivity index (χ4v) is 3.54. The third kappa shape index (κ3) is 5.68. The average molecular weight is 359 g/mol. The van der Waals surface area contributed by atoms with E-state index in [-0.39, 0.29) is 23.1 Å². The van der Waals surface area contributed by atoms with Crippen LogP contribution in [0.2, 0.25) is 0 Å². The van der Waals surface area contributed by atoms with E-state index >= 15 is 0 Å². The molecule has 0 bridgehead atoms. The van der Waals surface area contributed by atoms with Crippen LogP contribution >= 0.6 is 24.2 Å². The molecule has 1 amide bonds. The second-order valence-corrected chi connectivity index (χ2v) is 8.54. The van der Waals surface area contributed by atoms with Crippen molar-refractivity contribution in [1.29, 1.82) is 0 Å². The van der Waals surface area contributed by atoms with Gasteiger partial charge in [-0.25, -0.2) is 0 Å². The van der Waals surface area contributed by atoms with E-state index in [1.165, 1.54) is 4.90 Å². The molecule has 0 unspecified atom stereocenters. The monoisotopic (exact) mass is 358 g/mol. The molecule has 4 nitrogen and oxygen atoms in total. The Hall–Kier alpha value is -0.750. The molecule has 0 aliphatic carbocycles. The van der Waals surface area contributed by atoms with Crippen LogP contribution in [0.15, 0.2) is 29.2 Å². The van der Waals surface area contributed by atoms with E-state index in [1.807, 2.05) is 36.0 Å². The molecule has 1 aliphatic rings. The van der Waals surface area contributed by atoms with Crippen molar-refractivity contribution >= 4 is 35.8 Å². The Morgan fingerprint density at radius 2 is 1.78 bits per heavy atom. The standard InChI is InChI=1S/C17H26N2O2S.ClH/c1-16(2,3)22-14-7-5-13(6-8-14)19-15(20)17(21-4)9-11-18-12-10-17;/h5-8,18H,9-12H2,1-4H3,(H,19,20);1H. The van der Waals surface area contributed by atoms with Crippen molar-refractivity contribution in [3.05, 3.63) is 24.3 Å². The third-order valence-corrected chi connectivity index (χ3v) is 4.87. The van der Waals surface area contributed by atoms with Crippen molar-refractivity contribution in [3.8, 4) is 0 Å². The van der Waals surface area contributed by atoms with E-state index in [0.717, 1.165) is 18.8 Å². The highest BCUT2D eigenvalue weighted by Gasteiger charge is 2.39. The summed E-state index contributed by atoms with van der Waals surface area (Å²) in [5.41, 5.74) is 0.114. The SMILES string of the molecule is COC1(C(=O)Nc2ccc(SC(C)(C)C)cc2)CCNCC1.Cl. The predicted molar refractivity (Wildman–Crippen MR) is 99.8 cm³/mol. The number of nitrogens with one attached hydrogen (secondary N) is 2. The average Bonchev–Trinajstić information content (AvgIpc) is 2.48. The number of hydrogen-bond donors (Lipinski definition) is 2. The molecule has 1 saturated heterocycles. The molecular formula is C17H27ClN2O2S. The lowest BCUT2D eigenvalue weighted by molar-refractivity contribution is -0.140. The van der Waals surface area contributed by atoms with Crippen LogP contribution in [0.4, 0.5) is 5.69 Å². The van der Waals surface area contributed by atoms with E-state index in [4.69, 9.17) is 4.74 Å². The first-order valence-corrected chi connectivity index (χ1v) is 8.53. The number of anilines is 1. The molecule has 6 heteroatoms. The molecule has 23 heavy (non-hydrogen) atoms. The van der Waals surface area contributed by atoms with Gasteiger partial charge in [0.25, 0.3) is 5.91 Å². The summed E-state index contributed by atoms with van der Waals surface area (Å²) in [7, 11) is 1.62. The van der Waals surface area contributed by atoms with Gasteiger partial charge in [-0.15, -0.1) is 24.2 Å². The maximum Gasteiger partial charge on any atom is 0.256 e. The summed E-state index contributed by atoms with van der Waals surface area (Å²) in [5.74, 6) is -0.0484. The third-order valence-electron chi connectivity index (χ3n) is 3.75. The molecule has 0 aromatic heterocycles. The summed E-state index contributed by atoms with van der Waals surface area (Å²) in [5, 5.41) is 6.25. The van der Waals surface area contributed by atoms with Gasteiger partial charge in [-0.05, 0) is 50.2 Å². The van der Waals surface area contributed by atoms with E-state index in [9.17, 15) is 4.79 Å². The van der Waals surface area contributed by atoms with Gasteiger partial charge in [-0.2, -0.15) is 0 Å². The van der Waals surface area contributed by atoms with E-state index in [1.54, 1.807) is 7.11 Å². The van der Waals surface area contributed by atoms with E-state index in [0.29, 0.717) is 12.8 Å². The minimum atomic E-state index is -0.704. The number of methoxy groups -OCH3 is 1. The molecule has 2 N–H and O–H groups in total. The maximum atomic E-state index is 12.6. The molecule has 0 saturated carbocycles. The van der Waals surface area contributed by atoms with Crippen molar-refractivity contribution in [3.63, 3.8) is 0 Å². The van der Waals surface area contributed by atoms with Crippen LogP contribution in [-0.4, -0.2) is 36.5 Å². The number of carbonyl (C=O) groups is 1. The predicted octanol–water partition coefficient (Wildman–Crippen LogP) is 3.71. The van der Waals surface area contributed by atoms with Crippen molar-refractivity contribution in [2.24, 2.45) is 0 Å². The van der Waals surface area contributed by atoms with E-state index < -0.39 is 5.60 Å². The number of halogens is 1. The highest BCUT2D eigenvalue weighted by Crippen LogP contribution is 2.32. The summed E-state index contributed by atoms with van der Waals surface area (Å²) < 4.78 is 5.73. The zero-order valence-corrected chi connectivity index (χ0v) is 15.9. The van der Waals surface area contributed by atoms with Gasteiger partial charge in [0.15, 0.2) is 0 Å². The molecule has 1 aromatic rings. The summed E-state index contributed by atoms with van der Waals surface area (Å²) in [4.78, 5) is 13.8. The maximum absolute atomic E-state index is 12.6. The summed E-state index contributed by atoms with van der Waals surface area (Å²) in [6.45, 7) is 8.18. The number of thioether (sulfide) groups is 1. The lowest BCUT2D eigenvalue weighted by Gasteiger charge is -2.34. The number of benzene rings is 1. The smallest absolute Gasteiger partial charge is 0.256 e. The summed E-state index contributed by atoms with van der Waals surface area (Å²) in [6.07, 6.45) is 1.40. The molecule has 1 heterocycles. The molecule has 0 spiro atoms. The molecule has 1 aromatic carbocycles. The number of piperidine rings is 1. The first-order valence-electron chi connectivity index (χ1n) is 7.71. The van der Waals surface area contributed by atoms with Crippen LogP contribution in [0.25, 0.3) is 0 Å². The molecule has 130 valence electrons. The van der Waals surface area contributed by atoms with Gasteiger partial charge in [0.05, 0.1) is 0 Å². The Bertz CT molecular complexity index is 508. The van der Waals surface area contributed by atoms with Crippen LogP contribution in [0.3, 0.4) is 0 Å². The zero-order chi connectivity index (χ0) is 16.2. The molecule has 0 radical (unpaired) electrons. The Morgan fingerprint density at radius 3 is 2.26 bits per heavy atom. The first-order chi connectivity index (χ1) is 10.3. The van der Waals surface area contributed by atoms with Crippen molar-refractivity contribution in [2.75, 3.05) is 25.5 Å². The Morgan fingerprint density at radius 1 is 1.22 bits per heavy atom. The Balaban J connectivity index is 0.00000264. The largest absolute Gasteiger partial charge is 0.368 e. The lowest BCUT2D eigenvalue weighted by Crippen LogP contribution is -2.51. The zero-order valence-electron chi connectivity index (χ0n) is 14.3. The fourth-order valence-electron chi connectivity index (χ4n) is 2.56. The molecule has 1 aliphatic heterocycles. The van der Waals surface area contributed by atoms with Gasteiger partial charge < -0.3 is 15.4 Å². The molecule has 0 atom stereocenters. The number of carbonyl (C=O) groups excluding carboxylic acids is 1. The first kappa shape index (κ1) is 20.3. The van der Waals surface area contributed by atoms with Gasteiger partial charge in [0, 0.05) is 22.4 Å². The second kappa shape index (κ2) is 8.38. The second-order valence-electron chi connectivity index (χ2n) is 6.64. The van der Waals surface area contributed by atoms with Crippen molar-refractivity contribution in [2.45, 2.75) is 48.9 Å². The Kier molecular flexibility index (Phi) is 7.39. The minimum Gasteiger partial charge on any atom is -0.368 e. The van der Waals surface area contributed by atoms with Gasteiger partial charge in [0.1, 0.15) is 5.60 Å². The van der Waals surface area contributed by atoms with Gasteiger partial charge in [-0.3, -0.25) is 4.79 Å².